The Morgan fingerprint density at radius 2 is 1.27 bits per heavy atom. The standard InChI is InChI=1S/C24H19Cl2N5O13S4.3Na/c25-15-2-1-3-16(20(15)26)29-30-22-17(46(35,36)37)10-12-11-18(47(38,39)40)23(24(32)19(12)21(22)27)31-28-13-4-6-14(7-5-13)45(33,34)9-8-44-48(41,42)43;;;/h1-7,10-11,32H,8-9,27H2,(H,35,36,37)(H,38,39,40)(H,41,42,43);;;/q;3*+1/p-3. The molecule has 4 rings (SSSR count). The first-order chi connectivity index (χ1) is 22.1. The summed E-state index contributed by atoms with van der Waals surface area (Å²) >= 11 is 12.0. The SMILES string of the molecule is Nc1c(N=Nc2cccc(Cl)c2Cl)c(S(=O)(=O)[O-])cc2cc(S(=O)(=O)[O-])c(N=Nc3ccc(S(=O)(=O)CCOS(=O)(=O)[O-])cc3)c(O)c12.[Na+].[Na+].[Na+]. The van der Waals surface area contributed by atoms with Crippen LogP contribution in [0.1, 0.15) is 0 Å². The minimum atomic E-state index is -5.48. The summed E-state index contributed by atoms with van der Waals surface area (Å²) in [4.78, 5) is -2.67. The van der Waals surface area contributed by atoms with E-state index in [0.717, 1.165) is 24.3 Å². The number of hydrogen-bond donors (Lipinski definition) is 2. The number of anilines is 1. The number of nitrogens with two attached hydrogens (primary N) is 1. The summed E-state index contributed by atoms with van der Waals surface area (Å²) < 4.78 is 133. The van der Waals surface area contributed by atoms with Gasteiger partial charge < -0.3 is 24.5 Å². The molecule has 0 unspecified atom stereocenters. The predicted molar refractivity (Wildman–Crippen MR) is 165 cm³/mol. The van der Waals surface area contributed by atoms with Crippen LogP contribution in [0.2, 0.25) is 10.0 Å². The Hall–Kier alpha value is -0.840. The Morgan fingerprint density at radius 1 is 0.745 bits per heavy atom. The monoisotopic (exact) mass is 849 g/mol. The van der Waals surface area contributed by atoms with Gasteiger partial charge in [0.05, 0.1) is 53.9 Å². The second-order valence-corrected chi connectivity index (χ2v) is 15.9. The molecule has 0 fully saturated rings. The molecular weight excluding hydrogens is 834 g/mol. The van der Waals surface area contributed by atoms with Crippen molar-refractivity contribution >= 4 is 103 Å². The second kappa shape index (κ2) is 18.7. The van der Waals surface area contributed by atoms with Gasteiger partial charge in [0.2, 0.25) is 10.4 Å². The zero-order chi connectivity index (χ0) is 35.8. The Balaban J connectivity index is 0.00000433. The molecule has 4 aromatic rings. The summed E-state index contributed by atoms with van der Waals surface area (Å²) in [6.07, 6.45) is 0. The average Bonchev–Trinajstić information content (AvgIpc) is 2.96. The molecule has 0 heterocycles. The van der Waals surface area contributed by atoms with Gasteiger partial charge in [-0.15, -0.1) is 15.3 Å². The van der Waals surface area contributed by atoms with Crippen LogP contribution in [0.4, 0.5) is 28.4 Å². The molecule has 0 aliphatic carbocycles. The van der Waals surface area contributed by atoms with Crippen LogP contribution in [0.25, 0.3) is 10.8 Å². The first kappa shape index (κ1) is 48.2. The molecule has 27 heteroatoms. The van der Waals surface area contributed by atoms with Crippen LogP contribution in [0.15, 0.2) is 89.7 Å². The number of hydrogen-bond acceptors (Lipinski definition) is 18. The molecule has 0 radical (unpaired) electrons. The molecule has 0 aliphatic rings. The predicted octanol–water partition coefficient (Wildman–Crippen LogP) is -4.66. The van der Waals surface area contributed by atoms with E-state index in [9.17, 15) is 52.4 Å². The van der Waals surface area contributed by atoms with E-state index in [4.69, 9.17) is 28.9 Å². The number of azo groups is 2. The maximum atomic E-state index is 12.4. The summed E-state index contributed by atoms with van der Waals surface area (Å²) in [5, 5.41) is 24.9. The van der Waals surface area contributed by atoms with E-state index in [-0.39, 0.29) is 115 Å². The maximum absolute atomic E-state index is 12.4. The number of phenolic OH excluding ortho intramolecular Hbond substituents is 1. The van der Waals surface area contributed by atoms with Crippen LogP contribution < -0.4 is 94.4 Å². The summed E-state index contributed by atoms with van der Waals surface area (Å²) in [5.74, 6) is -1.99. The Bertz CT molecular complexity index is 2470. The van der Waals surface area contributed by atoms with Gasteiger partial charge in [-0.3, -0.25) is 4.18 Å². The zero-order valence-electron chi connectivity index (χ0n) is 26.2. The van der Waals surface area contributed by atoms with Crippen LogP contribution in [-0.4, -0.2) is 64.8 Å². The molecule has 18 nitrogen and oxygen atoms in total. The first-order valence-electron chi connectivity index (χ1n) is 12.3. The van der Waals surface area contributed by atoms with Gasteiger partial charge in [-0.1, -0.05) is 29.3 Å². The normalized spacial score (nSPS) is 12.4. The van der Waals surface area contributed by atoms with Gasteiger partial charge in [0, 0.05) is 0 Å². The Labute approximate surface area is 367 Å². The number of nitrogens with zero attached hydrogens (tertiary/aromatic N) is 4. The molecule has 0 bridgehead atoms. The van der Waals surface area contributed by atoms with Crippen molar-refractivity contribution < 1.29 is 145 Å². The molecule has 256 valence electrons. The van der Waals surface area contributed by atoms with Gasteiger partial charge in [0.25, 0.3) is 0 Å². The quantitative estimate of drug-likeness (QED) is 0.0472. The van der Waals surface area contributed by atoms with Crippen LogP contribution in [0.5, 0.6) is 5.75 Å². The molecule has 4 aromatic carbocycles. The summed E-state index contributed by atoms with van der Waals surface area (Å²) in [6.45, 7) is -0.952. The Kier molecular flexibility index (Phi) is 17.6. The van der Waals surface area contributed by atoms with Crippen LogP contribution >= 0.6 is 23.2 Å². The minimum absolute atomic E-state index is 0. The van der Waals surface area contributed by atoms with Crippen LogP contribution in [-0.2, 0) is 44.7 Å². The van der Waals surface area contributed by atoms with Gasteiger partial charge in [0.15, 0.2) is 15.6 Å². The Morgan fingerprint density at radius 3 is 1.80 bits per heavy atom. The number of halogens is 2. The number of aromatic hydroxyl groups is 1. The van der Waals surface area contributed by atoms with E-state index in [1.54, 1.807) is 0 Å². The van der Waals surface area contributed by atoms with E-state index >= 15 is 0 Å². The molecule has 0 aliphatic heterocycles. The number of benzene rings is 4. The van der Waals surface area contributed by atoms with Gasteiger partial charge in [-0.05, 0) is 53.9 Å². The smallest absolute Gasteiger partial charge is 0.744 e. The molecule has 51 heavy (non-hydrogen) atoms. The van der Waals surface area contributed by atoms with Gasteiger partial charge in [-0.25, -0.2) is 33.7 Å². The third kappa shape index (κ3) is 12.1. The fourth-order valence-corrected chi connectivity index (χ4v) is 7.08. The number of sulfone groups is 1. The zero-order valence-corrected chi connectivity index (χ0v) is 37.0. The third-order valence-corrected chi connectivity index (χ3v) is 10.7. The molecule has 0 saturated carbocycles. The second-order valence-electron chi connectivity index (χ2n) is 9.23. The fourth-order valence-electron chi connectivity index (χ4n) is 3.96. The number of fused-ring (bicyclic) bond motifs is 1. The molecule has 0 atom stereocenters. The molecular formula is C24H16Cl2N5Na3O13S4. The number of rotatable bonds is 11. The van der Waals surface area contributed by atoms with Crippen LogP contribution in [0, 0.1) is 0 Å². The summed E-state index contributed by atoms with van der Waals surface area (Å²) in [7, 11) is -20.2. The van der Waals surface area contributed by atoms with E-state index in [1.807, 2.05) is 0 Å². The minimum Gasteiger partial charge on any atom is -0.744 e. The van der Waals surface area contributed by atoms with Crippen molar-refractivity contribution in [2.75, 3.05) is 18.1 Å². The molecule has 0 amide bonds. The molecule has 0 saturated heterocycles. The van der Waals surface area contributed by atoms with Gasteiger partial charge in [0.1, 0.15) is 37.3 Å². The van der Waals surface area contributed by atoms with Crippen molar-refractivity contribution in [2.45, 2.75) is 14.7 Å². The largest absolute Gasteiger partial charge is 1.00 e. The van der Waals surface area contributed by atoms with Crippen molar-refractivity contribution in [3.05, 3.63) is 64.6 Å². The van der Waals surface area contributed by atoms with Crippen LogP contribution in [0.3, 0.4) is 0 Å². The summed E-state index contributed by atoms with van der Waals surface area (Å²) in [6, 6.07) is 9.48. The van der Waals surface area contributed by atoms with E-state index in [1.165, 1.54) is 18.2 Å². The fraction of sp³-hybridized carbons (Fsp3) is 0.0833. The van der Waals surface area contributed by atoms with Crippen molar-refractivity contribution in [3.63, 3.8) is 0 Å². The summed E-state index contributed by atoms with van der Waals surface area (Å²) in [5.41, 5.74) is 3.39. The van der Waals surface area contributed by atoms with Gasteiger partial charge in [-0.2, -0.15) is 5.11 Å². The number of phenols is 1. The van der Waals surface area contributed by atoms with Crippen molar-refractivity contribution in [2.24, 2.45) is 20.5 Å². The molecule has 0 spiro atoms. The maximum Gasteiger partial charge on any atom is 1.00 e. The van der Waals surface area contributed by atoms with E-state index < -0.39 is 96.2 Å². The van der Waals surface area contributed by atoms with Crippen molar-refractivity contribution in [3.8, 4) is 5.75 Å². The molecule has 0 aromatic heterocycles. The van der Waals surface area contributed by atoms with Crippen molar-refractivity contribution in [1.82, 2.24) is 0 Å². The van der Waals surface area contributed by atoms with Crippen molar-refractivity contribution in [1.29, 1.82) is 0 Å². The third-order valence-electron chi connectivity index (χ3n) is 6.08. The van der Waals surface area contributed by atoms with E-state index in [2.05, 4.69) is 24.6 Å². The number of nitrogen functional groups attached to an aromatic ring is 1. The van der Waals surface area contributed by atoms with E-state index in [0.29, 0.717) is 12.1 Å². The van der Waals surface area contributed by atoms with Gasteiger partial charge >= 0.3 is 88.7 Å². The molecule has 3 N–H and O–H groups in total. The first-order valence-corrected chi connectivity index (χ1v) is 18.9. The average molecular weight is 851 g/mol. The topological polar surface area (TPSA) is 311 Å².